The number of thioether (sulfide) groups is 1. The highest BCUT2D eigenvalue weighted by Gasteiger charge is 2.28. The lowest BCUT2D eigenvalue weighted by atomic mass is 10.0. The fourth-order valence-electron chi connectivity index (χ4n) is 2.45. The Morgan fingerprint density at radius 2 is 1.50 bits per heavy atom. The van der Waals surface area contributed by atoms with Crippen LogP contribution in [0.15, 0.2) is 0 Å². The number of carbonyl (C=O) groups excluding carboxylic acids is 3. The molecular formula is C18H32N4O7S. The van der Waals surface area contributed by atoms with E-state index in [9.17, 15) is 24.0 Å². The Kier molecular flexibility index (Phi) is 13.5. The molecule has 3 amide bonds. The van der Waals surface area contributed by atoms with Crippen LogP contribution in [0.4, 0.5) is 0 Å². The molecule has 3 unspecified atom stereocenters. The van der Waals surface area contributed by atoms with Gasteiger partial charge in [-0.15, -0.1) is 0 Å². The molecule has 0 saturated carbocycles. The molecule has 0 aromatic heterocycles. The van der Waals surface area contributed by atoms with Gasteiger partial charge in [0.15, 0.2) is 0 Å². The quantitative estimate of drug-likeness (QED) is 0.185. The predicted octanol–water partition coefficient (Wildman–Crippen LogP) is -0.852. The monoisotopic (exact) mass is 448 g/mol. The minimum absolute atomic E-state index is 0.0366. The smallest absolute Gasteiger partial charge is 0.322 e. The highest BCUT2D eigenvalue weighted by molar-refractivity contribution is 7.98. The number of carboxylic acid groups (broad SMARTS) is 2. The fourth-order valence-corrected chi connectivity index (χ4v) is 2.93. The van der Waals surface area contributed by atoms with Gasteiger partial charge in [-0.25, -0.2) is 0 Å². The Labute approximate surface area is 179 Å². The number of hydrogen-bond acceptors (Lipinski definition) is 7. The molecule has 0 radical (unpaired) electrons. The van der Waals surface area contributed by atoms with E-state index in [1.165, 1.54) is 11.8 Å². The van der Waals surface area contributed by atoms with Crippen molar-refractivity contribution in [2.24, 2.45) is 11.7 Å². The van der Waals surface area contributed by atoms with Crippen molar-refractivity contribution in [3.05, 3.63) is 0 Å². The lowest BCUT2D eigenvalue weighted by Gasteiger charge is -2.24. The van der Waals surface area contributed by atoms with Crippen LogP contribution in [0, 0.1) is 5.92 Å². The van der Waals surface area contributed by atoms with Crippen LogP contribution < -0.4 is 21.7 Å². The molecule has 0 spiro atoms. The van der Waals surface area contributed by atoms with Crippen LogP contribution in [-0.2, 0) is 24.0 Å². The second kappa shape index (κ2) is 14.6. The molecule has 7 N–H and O–H groups in total. The number of carboxylic acids is 2. The average molecular weight is 449 g/mol. The van der Waals surface area contributed by atoms with E-state index >= 15 is 0 Å². The number of amides is 3. The fraction of sp³-hybridized carbons (Fsp3) is 0.722. The van der Waals surface area contributed by atoms with E-state index < -0.39 is 54.3 Å². The minimum atomic E-state index is -1.21. The van der Waals surface area contributed by atoms with Gasteiger partial charge >= 0.3 is 11.9 Å². The van der Waals surface area contributed by atoms with Crippen molar-refractivity contribution in [3.63, 3.8) is 0 Å². The van der Waals surface area contributed by atoms with E-state index in [-0.39, 0.29) is 31.6 Å². The standard InChI is InChI=1S/C18H32N4O7S/c1-10(2)8-13(17(28)20-9-15(25)26)22-18(29)12(6-7-30-3)21-16(27)11(19)4-5-14(23)24/h10-13H,4-9,19H2,1-3H3,(H,20,28)(H,21,27)(H,22,29)(H,23,24)(H,25,26). The predicted molar refractivity (Wildman–Crippen MR) is 112 cm³/mol. The molecule has 0 aliphatic heterocycles. The molecule has 11 nitrogen and oxygen atoms in total. The number of nitrogens with one attached hydrogen (secondary N) is 3. The van der Waals surface area contributed by atoms with Crippen molar-refractivity contribution in [1.29, 1.82) is 0 Å². The Morgan fingerprint density at radius 1 is 0.900 bits per heavy atom. The third-order valence-corrected chi connectivity index (χ3v) is 4.65. The average Bonchev–Trinajstić information content (AvgIpc) is 2.65. The molecule has 0 fully saturated rings. The Hall–Kier alpha value is -2.34. The summed E-state index contributed by atoms with van der Waals surface area (Å²) in [5.74, 6) is -3.60. The van der Waals surface area contributed by atoms with Crippen molar-refractivity contribution in [3.8, 4) is 0 Å². The normalized spacial score (nSPS) is 13.8. The van der Waals surface area contributed by atoms with Crippen molar-refractivity contribution >= 4 is 41.4 Å². The lowest BCUT2D eigenvalue weighted by Crippen LogP contribution is -2.56. The van der Waals surface area contributed by atoms with E-state index in [1.807, 2.05) is 20.1 Å². The van der Waals surface area contributed by atoms with Gasteiger partial charge in [0.05, 0.1) is 6.04 Å². The summed E-state index contributed by atoms with van der Waals surface area (Å²) in [6.07, 6.45) is 2.02. The highest BCUT2D eigenvalue weighted by atomic mass is 32.2. The van der Waals surface area contributed by atoms with Crippen LogP contribution in [0.25, 0.3) is 0 Å². The summed E-state index contributed by atoms with van der Waals surface area (Å²) in [6, 6.07) is -3.02. The molecule has 0 heterocycles. The number of rotatable bonds is 15. The minimum Gasteiger partial charge on any atom is -0.481 e. The molecule has 172 valence electrons. The Balaban J connectivity index is 5.16. The summed E-state index contributed by atoms with van der Waals surface area (Å²) in [7, 11) is 0. The van der Waals surface area contributed by atoms with Gasteiger partial charge in [-0.2, -0.15) is 11.8 Å². The molecular weight excluding hydrogens is 416 g/mol. The van der Waals surface area contributed by atoms with Gasteiger partial charge in [0.1, 0.15) is 18.6 Å². The van der Waals surface area contributed by atoms with Crippen LogP contribution in [0.5, 0.6) is 0 Å². The molecule has 3 atom stereocenters. The van der Waals surface area contributed by atoms with Crippen LogP contribution in [0.1, 0.15) is 39.5 Å². The number of carbonyl (C=O) groups is 5. The van der Waals surface area contributed by atoms with Crippen LogP contribution in [0.3, 0.4) is 0 Å². The molecule has 0 aromatic rings. The van der Waals surface area contributed by atoms with E-state index in [1.54, 1.807) is 0 Å². The van der Waals surface area contributed by atoms with Crippen LogP contribution in [-0.4, -0.2) is 76.6 Å². The first kappa shape index (κ1) is 27.7. The number of nitrogens with two attached hydrogens (primary N) is 1. The summed E-state index contributed by atoms with van der Waals surface area (Å²) < 4.78 is 0. The van der Waals surface area contributed by atoms with Gasteiger partial charge in [-0.3, -0.25) is 24.0 Å². The molecule has 0 aliphatic carbocycles. The molecule has 0 aliphatic rings. The number of hydrogen-bond donors (Lipinski definition) is 6. The molecule has 0 bridgehead atoms. The maximum absolute atomic E-state index is 12.7. The number of aliphatic carboxylic acids is 2. The maximum Gasteiger partial charge on any atom is 0.322 e. The zero-order valence-corrected chi connectivity index (χ0v) is 18.3. The first-order chi connectivity index (χ1) is 14.0. The first-order valence-electron chi connectivity index (χ1n) is 9.54. The third kappa shape index (κ3) is 12.3. The van der Waals surface area contributed by atoms with Gasteiger partial charge in [0.2, 0.25) is 17.7 Å². The molecule has 0 rings (SSSR count). The Bertz CT molecular complexity index is 615. The zero-order chi connectivity index (χ0) is 23.3. The van der Waals surface area contributed by atoms with Gasteiger partial charge < -0.3 is 31.9 Å². The van der Waals surface area contributed by atoms with E-state index in [0.29, 0.717) is 5.75 Å². The highest BCUT2D eigenvalue weighted by Crippen LogP contribution is 2.08. The summed E-state index contributed by atoms with van der Waals surface area (Å²) in [6.45, 7) is 3.12. The Morgan fingerprint density at radius 3 is 2.00 bits per heavy atom. The van der Waals surface area contributed by atoms with Gasteiger partial charge in [-0.1, -0.05) is 13.8 Å². The molecule has 0 aromatic carbocycles. The van der Waals surface area contributed by atoms with E-state index in [2.05, 4.69) is 16.0 Å². The summed E-state index contributed by atoms with van der Waals surface area (Å²) in [5, 5.41) is 24.8. The lowest BCUT2D eigenvalue weighted by molar-refractivity contribution is -0.139. The second-order valence-electron chi connectivity index (χ2n) is 7.18. The summed E-state index contributed by atoms with van der Waals surface area (Å²) in [5.41, 5.74) is 5.69. The SMILES string of the molecule is CSCCC(NC(=O)C(N)CCC(=O)O)C(=O)NC(CC(C)C)C(=O)NCC(=O)O. The van der Waals surface area contributed by atoms with Gasteiger partial charge in [0.25, 0.3) is 0 Å². The first-order valence-corrected chi connectivity index (χ1v) is 10.9. The molecule has 12 heteroatoms. The van der Waals surface area contributed by atoms with Crippen molar-refractivity contribution in [2.45, 2.75) is 57.7 Å². The van der Waals surface area contributed by atoms with Crippen LogP contribution in [0.2, 0.25) is 0 Å². The maximum atomic E-state index is 12.7. The van der Waals surface area contributed by atoms with Gasteiger partial charge in [0, 0.05) is 6.42 Å². The van der Waals surface area contributed by atoms with E-state index in [4.69, 9.17) is 15.9 Å². The van der Waals surface area contributed by atoms with Crippen molar-refractivity contribution in [2.75, 3.05) is 18.6 Å². The zero-order valence-electron chi connectivity index (χ0n) is 17.5. The van der Waals surface area contributed by atoms with E-state index in [0.717, 1.165) is 0 Å². The summed E-state index contributed by atoms with van der Waals surface area (Å²) in [4.78, 5) is 58.6. The van der Waals surface area contributed by atoms with Crippen LogP contribution >= 0.6 is 11.8 Å². The molecule has 0 saturated heterocycles. The third-order valence-electron chi connectivity index (χ3n) is 4.00. The van der Waals surface area contributed by atoms with Crippen molar-refractivity contribution < 1.29 is 34.2 Å². The second-order valence-corrected chi connectivity index (χ2v) is 8.17. The van der Waals surface area contributed by atoms with Crippen molar-refractivity contribution in [1.82, 2.24) is 16.0 Å². The van der Waals surface area contributed by atoms with Gasteiger partial charge in [-0.05, 0) is 37.2 Å². The molecule has 30 heavy (non-hydrogen) atoms. The largest absolute Gasteiger partial charge is 0.481 e. The topological polar surface area (TPSA) is 188 Å². The summed E-state index contributed by atoms with van der Waals surface area (Å²) >= 11 is 1.46.